The van der Waals surface area contributed by atoms with Gasteiger partial charge in [-0.2, -0.15) is 0 Å². The smallest absolute Gasteiger partial charge is 0.144 e. The average molecular weight is 278 g/mol. The second-order valence-corrected chi connectivity index (χ2v) is 5.52. The minimum atomic E-state index is 0.130. The van der Waals surface area contributed by atoms with Crippen LogP contribution >= 0.6 is 0 Å². The van der Waals surface area contributed by atoms with E-state index in [4.69, 9.17) is 15.2 Å². The third-order valence-electron chi connectivity index (χ3n) is 3.53. The lowest BCUT2D eigenvalue weighted by atomic mass is 10.1. The quantitative estimate of drug-likeness (QED) is 0.841. The number of nitrogens with zero attached hydrogens (tertiary/aromatic N) is 1. The van der Waals surface area contributed by atoms with Crippen LogP contribution in [0.2, 0.25) is 0 Å². The van der Waals surface area contributed by atoms with Gasteiger partial charge in [0.2, 0.25) is 0 Å². The molecule has 0 bridgehead atoms. The van der Waals surface area contributed by atoms with Gasteiger partial charge in [0.1, 0.15) is 5.75 Å². The van der Waals surface area contributed by atoms with Crippen LogP contribution in [-0.4, -0.2) is 31.9 Å². The highest BCUT2D eigenvalue weighted by Crippen LogP contribution is 2.34. The number of benzene rings is 1. The maximum Gasteiger partial charge on any atom is 0.144 e. The lowest BCUT2D eigenvalue weighted by Gasteiger charge is -2.35. The van der Waals surface area contributed by atoms with E-state index >= 15 is 0 Å². The Bertz CT molecular complexity index is 432. The zero-order valence-corrected chi connectivity index (χ0v) is 12.8. The van der Waals surface area contributed by atoms with Gasteiger partial charge in [-0.25, -0.2) is 0 Å². The zero-order chi connectivity index (χ0) is 14.5. The Hall–Kier alpha value is -1.42. The van der Waals surface area contributed by atoms with E-state index in [2.05, 4.69) is 11.0 Å². The van der Waals surface area contributed by atoms with Gasteiger partial charge in [0.05, 0.1) is 23.6 Å². The van der Waals surface area contributed by atoms with Crippen molar-refractivity contribution in [2.45, 2.75) is 45.8 Å². The summed E-state index contributed by atoms with van der Waals surface area (Å²) in [5.41, 5.74) is 8.07. The Kier molecular flexibility index (Phi) is 5.12. The number of rotatable bonds is 5. The van der Waals surface area contributed by atoms with Crippen LogP contribution < -0.4 is 15.4 Å². The summed E-state index contributed by atoms with van der Waals surface area (Å²) in [5.74, 6) is 0.774. The summed E-state index contributed by atoms with van der Waals surface area (Å²) in [6, 6.07) is 6.01. The highest BCUT2D eigenvalue weighted by atomic mass is 16.5. The molecule has 0 aliphatic carbocycles. The molecule has 0 amide bonds. The summed E-state index contributed by atoms with van der Waals surface area (Å²) in [6.45, 7) is 8.77. The molecule has 2 rings (SSSR count). The van der Waals surface area contributed by atoms with Crippen molar-refractivity contribution in [3.8, 4) is 5.75 Å². The summed E-state index contributed by atoms with van der Waals surface area (Å²) in [5, 5.41) is 0. The van der Waals surface area contributed by atoms with Crippen molar-refractivity contribution in [1.29, 1.82) is 0 Å². The molecule has 1 saturated heterocycles. The molecule has 1 atom stereocenters. The number of nitrogen functional groups attached to an aromatic ring is 1. The van der Waals surface area contributed by atoms with Crippen LogP contribution in [0, 0.1) is 0 Å². The molecule has 1 aromatic carbocycles. The van der Waals surface area contributed by atoms with Crippen molar-refractivity contribution >= 4 is 11.4 Å². The average Bonchev–Trinajstić information content (AvgIpc) is 2.41. The Labute approximate surface area is 121 Å². The van der Waals surface area contributed by atoms with Crippen molar-refractivity contribution in [2.75, 3.05) is 30.3 Å². The van der Waals surface area contributed by atoms with Crippen molar-refractivity contribution in [3.05, 3.63) is 18.2 Å². The van der Waals surface area contributed by atoms with Crippen LogP contribution in [0.4, 0.5) is 11.4 Å². The fourth-order valence-electron chi connectivity index (χ4n) is 2.69. The van der Waals surface area contributed by atoms with Gasteiger partial charge in [0.25, 0.3) is 0 Å². The maximum atomic E-state index is 6.27. The van der Waals surface area contributed by atoms with Crippen molar-refractivity contribution in [1.82, 2.24) is 0 Å². The molecular formula is C16H26N2O2. The van der Waals surface area contributed by atoms with E-state index in [-0.39, 0.29) is 6.10 Å². The van der Waals surface area contributed by atoms with Crippen LogP contribution in [-0.2, 0) is 4.74 Å². The van der Waals surface area contributed by atoms with Gasteiger partial charge >= 0.3 is 0 Å². The Morgan fingerprint density at radius 1 is 1.40 bits per heavy atom. The molecule has 2 N–H and O–H groups in total. The van der Waals surface area contributed by atoms with Gasteiger partial charge in [-0.1, -0.05) is 6.07 Å². The van der Waals surface area contributed by atoms with Gasteiger partial charge in [0, 0.05) is 19.7 Å². The number of anilines is 2. The molecule has 1 aromatic rings. The third-order valence-corrected chi connectivity index (χ3v) is 3.53. The molecule has 1 aliphatic heterocycles. The van der Waals surface area contributed by atoms with Gasteiger partial charge in [0.15, 0.2) is 0 Å². The fraction of sp³-hybridized carbons (Fsp3) is 0.625. The van der Waals surface area contributed by atoms with Crippen molar-refractivity contribution < 1.29 is 9.47 Å². The standard InChI is InChI=1S/C16H26N2O2/c1-4-19-13-7-6-10-18(11-13)14-8-5-9-15(16(14)17)20-12(2)3/h5,8-9,12-13H,4,6-7,10-11,17H2,1-3H3. The Morgan fingerprint density at radius 3 is 2.90 bits per heavy atom. The first-order valence-electron chi connectivity index (χ1n) is 7.53. The predicted molar refractivity (Wildman–Crippen MR) is 83.5 cm³/mol. The highest BCUT2D eigenvalue weighted by Gasteiger charge is 2.22. The van der Waals surface area contributed by atoms with Crippen LogP contribution in [0.25, 0.3) is 0 Å². The second kappa shape index (κ2) is 6.84. The molecule has 112 valence electrons. The third kappa shape index (κ3) is 3.57. The van der Waals surface area contributed by atoms with E-state index in [9.17, 15) is 0 Å². The van der Waals surface area contributed by atoms with Gasteiger partial charge < -0.3 is 20.1 Å². The molecule has 4 heteroatoms. The molecule has 20 heavy (non-hydrogen) atoms. The normalized spacial score (nSPS) is 19.4. The predicted octanol–water partition coefficient (Wildman–Crippen LogP) is 3.06. The molecule has 0 aromatic heterocycles. The molecule has 0 saturated carbocycles. The Morgan fingerprint density at radius 2 is 2.20 bits per heavy atom. The molecule has 0 radical (unpaired) electrons. The van der Waals surface area contributed by atoms with E-state index in [1.165, 1.54) is 0 Å². The van der Waals surface area contributed by atoms with Crippen molar-refractivity contribution in [3.63, 3.8) is 0 Å². The minimum absolute atomic E-state index is 0.130. The lowest BCUT2D eigenvalue weighted by molar-refractivity contribution is 0.0527. The monoisotopic (exact) mass is 278 g/mol. The maximum absolute atomic E-state index is 6.27. The number of para-hydroxylation sites is 1. The number of hydrogen-bond acceptors (Lipinski definition) is 4. The summed E-state index contributed by atoms with van der Waals surface area (Å²) >= 11 is 0. The summed E-state index contributed by atoms with van der Waals surface area (Å²) < 4.78 is 11.5. The van der Waals surface area contributed by atoms with E-state index in [1.54, 1.807) is 0 Å². The summed E-state index contributed by atoms with van der Waals surface area (Å²) in [6.07, 6.45) is 2.71. The molecular weight excluding hydrogens is 252 g/mol. The van der Waals surface area contributed by atoms with E-state index < -0.39 is 0 Å². The number of piperidine rings is 1. The Balaban J connectivity index is 2.15. The van der Waals surface area contributed by atoms with Crippen LogP contribution in [0.5, 0.6) is 5.75 Å². The van der Waals surface area contributed by atoms with E-state index in [0.29, 0.717) is 6.10 Å². The van der Waals surface area contributed by atoms with Crippen molar-refractivity contribution in [2.24, 2.45) is 0 Å². The van der Waals surface area contributed by atoms with Crippen LogP contribution in [0.15, 0.2) is 18.2 Å². The largest absolute Gasteiger partial charge is 0.489 e. The first kappa shape index (κ1) is 15.0. The molecule has 4 nitrogen and oxygen atoms in total. The fourth-order valence-corrected chi connectivity index (χ4v) is 2.69. The van der Waals surface area contributed by atoms with Gasteiger partial charge in [-0.05, 0) is 45.7 Å². The number of nitrogens with two attached hydrogens (primary N) is 1. The SMILES string of the molecule is CCOC1CCCN(c2cccc(OC(C)C)c2N)C1. The number of ether oxygens (including phenoxy) is 2. The van der Waals surface area contributed by atoms with Crippen LogP contribution in [0.3, 0.4) is 0 Å². The molecule has 0 spiro atoms. The lowest BCUT2D eigenvalue weighted by Crippen LogP contribution is -2.40. The molecule has 1 fully saturated rings. The van der Waals surface area contributed by atoms with Crippen LogP contribution in [0.1, 0.15) is 33.6 Å². The van der Waals surface area contributed by atoms with E-state index in [0.717, 1.165) is 49.7 Å². The second-order valence-electron chi connectivity index (χ2n) is 5.52. The minimum Gasteiger partial charge on any atom is -0.489 e. The first-order chi connectivity index (χ1) is 9.61. The first-order valence-corrected chi connectivity index (χ1v) is 7.53. The topological polar surface area (TPSA) is 47.7 Å². The molecule has 1 aliphatic rings. The van der Waals surface area contributed by atoms with E-state index in [1.807, 2.05) is 32.9 Å². The van der Waals surface area contributed by atoms with Gasteiger partial charge in [-0.3, -0.25) is 0 Å². The molecule has 1 heterocycles. The number of hydrogen-bond donors (Lipinski definition) is 1. The molecule has 1 unspecified atom stereocenters. The highest BCUT2D eigenvalue weighted by molar-refractivity contribution is 5.74. The summed E-state index contributed by atoms with van der Waals surface area (Å²) in [4.78, 5) is 2.31. The van der Waals surface area contributed by atoms with Gasteiger partial charge in [-0.15, -0.1) is 0 Å². The zero-order valence-electron chi connectivity index (χ0n) is 12.8. The summed E-state index contributed by atoms with van der Waals surface area (Å²) in [7, 11) is 0.